The first-order valence-corrected chi connectivity index (χ1v) is 8.18. The molecule has 3 nitrogen and oxygen atoms in total. The minimum Gasteiger partial charge on any atom is -0.349 e. The van der Waals surface area contributed by atoms with Crippen LogP contribution in [0.3, 0.4) is 0 Å². The lowest BCUT2D eigenvalue weighted by Gasteiger charge is -2.43. The second-order valence-electron chi connectivity index (χ2n) is 5.69. The van der Waals surface area contributed by atoms with Crippen LogP contribution in [-0.4, -0.2) is 29.4 Å². The number of hydrogen-bond acceptors (Lipinski definition) is 2. The van der Waals surface area contributed by atoms with Gasteiger partial charge in [0, 0.05) is 11.7 Å². The Morgan fingerprint density at radius 3 is 2.71 bits per heavy atom. The normalized spacial score (nSPS) is 21.4. The Labute approximate surface area is 135 Å². The third kappa shape index (κ3) is 3.30. The average molecular weight is 328 g/mol. The highest BCUT2D eigenvalue weighted by atomic mass is 35.5. The number of halogens is 2. The first-order chi connectivity index (χ1) is 10.1. The summed E-state index contributed by atoms with van der Waals surface area (Å²) in [5, 5.41) is 4.06. The lowest BCUT2D eigenvalue weighted by atomic mass is 9.94. The molecule has 0 amide bonds. The van der Waals surface area contributed by atoms with E-state index in [9.17, 15) is 4.39 Å². The number of nitrogens with zero attached hydrogens (tertiary/aromatic N) is 2. The smallest absolute Gasteiger partial charge is 0.175 e. The summed E-state index contributed by atoms with van der Waals surface area (Å²) in [5.41, 5.74) is 0.833. The molecule has 3 rings (SSSR count). The fraction of sp³-hybridized carbons (Fsp3) is 0.533. The maximum absolute atomic E-state index is 13.3. The number of thiocarbonyl (C=S) groups is 1. The van der Waals surface area contributed by atoms with Gasteiger partial charge in [-0.25, -0.2) is 4.39 Å². The summed E-state index contributed by atoms with van der Waals surface area (Å²) < 4.78 is 13.3. The highest BCUT2D eigenvalue weighted by Gasteiger charge is 2.28. The molecule has 6 heteroatoms. The minimum absolute atomic E-state index is 0.130. The van der Waals surface area contributed by atoms with Crippen LogP contribution in [0.25, 0.3) is 0 Å². The zero-order valence-corrected chi connectivity index (χ0v) is 13.4. The molecule has 2 fully saturated rings. The van der Waals surface area contributed by atoms with Crippen molar-refractivity contribution >= 4 is 34.6 Å². The van der Waals surface area contributed by atoms with Crippen LogP contribution in [0.4, 0.5) is 10.1 Å². The molecule has 1 aromatic rings. The summed E-state index contributed by atoms with van der Waals surface area (Å²) in [6.45, 7) is 1.52. The van der Waals surface area contributed by atoms with E-state index in [1.54, 1.807) is 12.1 Å². The third-order valence-corrected chi connectivity index (χ3v) is 4.96. The van der Waals surface area contributed by atoms with Crippen LogP contribution in [0.15, 0.2) is 18.2 Å². The van der Waals surface area contributed by atoms with Gasteiger partial charge in [0.15, 0.2) is 5.11 Å². The maximum atomic E-state index is 13.3. The number of rotatable bonds is 2. The summed E-state index contributed by atoms with van der Waals surface area (Å²) in [7, 11) is 0. The Balaban J connectivity index is 1.76. The van der Waals surface area contributed by atoms with E-state index in [2.05, 4.69) is 10.2 Å². The molecular formula is C15H19ClFN3S. The zero-order chi connectivity index (χ0) is 14.8. The van der Waals surface area contributed by atoms with Crippen molar-refractivity contribution in [1.82, 2.24) is 10.2 Å². The van der Waals surface area contributed by atoms with Crippen LogP contribution in [0.2, 0.25) is 5.02 Å². The van der Waals surface area contributed by atoms with Crippen LogP contribution in [0.1, 0.15) is 32.1 Å². The van der Waals surface area contributed by atoms with Crippen molar-refractivity contribution in [3.05, 3.63) is 29.0 Å². The molecule has 1 aromatic carbocycles. The molecule has 1 N–H and O–H groups in total. The zero-order valence-electron chi connectivity index (χ0n) is 11.8. The lowest BCUT2D eigenvalue weighted by Crippen LogP contribution is -2.59. The van der Waals surface area contributed by atoms with E-state index < -0.39 is 5.82 Å². The van der Waals surface area contributed by atoms with Gasteiger partial charge in [-0.3, -0.25) is 4.90 Å². The molecule has 114 valence electrons. The van der Waals surface area contributed by atoms with E-state index in [4.69, 9.17) is 23.8 Å². The molecule has 0 bridgehead atoms. The molecule has 0 spiro atoms. The van der Waals surface area contributed by atoms with Crippen LogP contribution >= 0.6 is 23.8 Å². The Morgan fingerprint density at radius 1 is 1.24 bits per heavy atom. The highest BCUT2D eigenvalue weighted by molar-refractivity contribution is 7.80. The van der Waals surface area contributed by atoms with Gasteiger partial charge in [-0.1, -0.05) is 30.9 Å². The van der Waals surface area contributed by atoms with Crippen LogP contribution in [0.5, 0.6) is 0 Å². The molecule has 1 aliphatic carbocycles. The van der Waals surface area contributed by atoms with Gasteiger partial charge in [-0.15, -0.1) is 0 Å². The highest BCUT2D eigenvalue weighted by Crippen LogP contribution is 2.27. The second kappa shape index (κ2) is 6.46. The van der Waals surface area contributed by atoms with E-state index in [1.165, 1.54) is 38.2 Å². The van der Waals surface area contributed by atoms with Gasteiger partial charge < -0.3 is 10.2 Å². The van der Waals surface area contributed by atoms with E-state index in [0.717, 1.165) is 19.0 Å². The van der Waals surface area contributed by atoms with Crippen molar-refractivity contribution in [1.29, 1.82) is 0 Å². The van der Waals surface area contributed by atoms with E-state index in [-0.39, 0.29) is 5.02 Å². The van der Waals surface area contributed by atoms with Crippen molar-refractivity contribution < 1.29 is 4.39 Å². The van der Waals surface area contributed by atoms with E-state index >= 15 is 0 Å². The third-order valence-electron chi connectivity index (χ3n) is 4.31. The van der Waals surface area contributed by atoms with Crippen molar-refractivity contribution in [2.45, 2.75) is 38.1 Å². The first kappa shape index (κ1) is 15.0. The summed E-state index contributed by atoms with van der Waals surface area (Å²) in [6, 6.07) is 5.35. The van der Waals surface area contributed by atoms with E-state index in [0.29, 0.717) is 11.2 Å². The standard InChI is InChI=1S/C15H19ClFN3S/c16-13-8-12(6-7-14(13)17)20-10-19(9-18-15(20)21)11-4-2-1-3-5-11/h6-8,11H,1-5,9-10H2,(H,18,21). The first-order valence-electron chi connectivity index (χ1n) is 7.39. The number of nitrogens with one attached hydrogen (secondary N) is 1. The van der Waals surface area contributed by atoms with Gasteiger partial charge in [0.25, 0.3) is 0 Å². The number of hydrogen-bond donors (Lipinski definition) is 1. The van der Waals surface area contributed by atoms with E-state index in [1.807, 2.05) is 4.90 Å². The summed E-state index contributed by atoms with van der Waals surface area (Å²) in [4.78, 5) is 4.39. The largest absolute Gasteiger partial charge is 0.349 e. The van der Waals surface area contributed by atoms with Crippen molar-refractivity contribution in [2.75, 3.05) is 18.2 Å². The molecule has 1 saturated heterocycles. The second-order valence-corrected chi connectivity index (χ2v) is 6.48. The molecule has 2 aliphatic rings. The Hall–Kier alpha value is -0.910. The number of benzene rings is 1. The predicted octanol–water partition coefficient (Wildman–Crippen LogP) is 3.72. The van der Waals surface area contributed by atoms with Crippen LogP contribution in [-0.2, 0) is 0 Å². The van der Waals surface area contributed by atoms with Gasteiger partial charge in [-0.2, -0.15) is 0 Å². The molecule has 0 radical (unpaired) electrons. The van der Waals surface area contributed by atoms with Gasteiger partial charge in [0.2, 0.25) is 0 Å². The number of anilines is 1. The Bertz CT molecular complexity index is 534. The van der Waals surface area contributed by atoms with Crippen molar-refractivity contribution in [2.24, 2.45) is 0 Å². The minimum atomic E-state index is -0.402. The topological polar surface area (TPSA) is 18.5 Å². The average Bonchev–Trinajstić information content (AvgIpc) is 2.51. The van der Waals surface area contributed by atoms with Crippen molar-refractivity contribution in [3.63, 3.8) is 0 Å². The molecule has 0 unspecified atom stereocenters. The van der Waals surface area contributed by atoms with Gasteiger partial charge in [0.1, 0.15) is 5.82 Å². The van der Waals surface area contributed by atoms with Crippen LogP contribution < -0.4 is 10.2 Å². The SMILES string of the molecule is Fc1ccc(N2CN(C3CCCCC3)CNC2=S)cc1Cl. The Kier molecular flexibility index (Phi) is 4.62. The fourth-order valence-electron chi connectivity index (χ4n) is 3.10. The van der Waals surface area contributed by atoms with Crippen molar-refractivity contribution in [3.8, 4) is 0 Å². The molecular weight excluding hydrogens is 309 g/mol. The van der Waals surface area contributed by atoms with Crippen LogP contribution in [0, 0.1) is 5.82 Å². The monoisotopic (exact) mass is 327 g/mol. The summed E-state index contributed by atoms with van der Waals surface area (Å²) >= 11 is 11.3. The lowest BCUT2D eigenvalue weighted by molar-refractivity contribution is 0.148. The Morgan fingerprint density at radius 2 is 2.00 bits per heavy atom. The molecule has 0 aromatic heterocycles. The maximum Gasteiger partial charge on any atom is 0.175 e. The molecule has 1 saturated carbocycles. The van der Waals surface area contributed by atoms with Gasteiger partial charge >= 0.3 is 0 Å². The van der Waals surface area contributed by atoms with Gasteiger partial charge in [-0.05, 0) is 43.3 Å². The molecule has 0 atom stereocenters. The molecule has 1 aliphatic heterocycles. The quantitative estimate of drug-likeness (QED) is 0.834. The molecule has 21 heavy (non-hydrogen) atoms. The predicted molar refractivity (Wildman–Crippen MR) is 88.1 cm³/mol. The summed E-state index contributed by atoms with van der Waals surface area (Å²) in [6.07, 6.45) is 6.42. The van der Waals surface area contributed by atoms with Gasteiger partial charge in [0.05, 0.1) is 18.4 Å². The fourth-order valence-corrected chi connectivity index (χ4v) is 3.51. The summed E-state index contributed by atoms with van der Waals surface area (Å²) in [5.74, 6) is -0.402. The molecule has 1 heterocycles.